The van der Waals surface area contributed by atoms with Crippen LogP contribution in [-0.2, 0) is 6.54 Å². The SMILES string of the molecule is CN(Cc1cccc(F)c1)C(=O)N1CCCC1. The summed E-state index contributed by atoms with van der Waals surface area (Å²) in [4.78, 5) is 15.5. The van der Waals surface area contributed by atoms with E-state index in [1.165, 1.54) is 12.1 Å². The molecule has 0 N–H and O–H groups in total. The zero-order chi connectivity index (χ0) is 12.3. The van der Waals surface area contributed by atoms with Gasteiger partial charge in [0.2, 0.25) is 0 Å². The minimum atomic E-state index is -0.260. The molecule has 1 aromatic rings. The molecule has 1 aliphatic heterocycles. The number of halogens is 1. The summed E-state index contributed by atoms with van der Waals surface area (Å²) < 4.78 is 13.0. The van der Waals surface area contributed by atoms with Crippen LogP contribution in [0.2, 0.25) is 0 Å². The highest BCUT2D eigenvalue weighted by molar-refractivity contribution is 5.74. The zero-order valence-corrected chi connectivity index (χ0v) is 10.0. The summed E-state index contributed by atoms with van der Waals surface area (Å²) in [5.41, 5.74) is 0.819. The second kappa shape index (κ2) is 5.17. The highest BCUT2D eigenvalue weighted by Gasteiger charge is 2.21. The Labute approximate surface area is 101 Å². The smallest absolute Gasteiger partial charge is 0.320 e. The highest BCUT2D eigenvalue weighted by atomic mass is 19.1. The van der Waals surface area contributed by atoms with E-state index in [1.807, 2.05) is 11.0 Å². The summed E-state index contributed by atoms with van der Waals surface area (Å²) in [5.74, 6) is -0.260. The van der Waals surface area contributed by atoms with Crippen LogP contribution < -0.4 is 0 Å². The third-order valence-corrected chi connectivity index (χ3v) is 3.01. The van der Waals surface area contributed by atoms with Gasteiger partial charge in [-0.1, -0.05) is 12.1 Å². The quantitative estimate of drug-likeness (QED) is 0.773. The van der Waals surface area contributed by atoms with Crippen LogP contribution in [0.15, 0.2) is 24.3 Å². The van der Waals surface area contributed by atoms with E-state index in [0.29, 0.717) is 6.54 Å². The molecular formula is C13H17FN2O. The molecule has 0 aromatic heterocycles. The summed E-state index contributed by atoms with van der Waals surface area (Å²) in [7, 11) is 1.76. The monoisotopic (exact) mass is 236 g/mol. The molecule has 0 spiro atoms. The molecule has 1 heterocycles. The van der Waals surface area contributed by atoms with Gasteiger partial charge in [0, 0.05) is 26.7 Å². The lowest BCUT2D eigenvalue weighted by Crippen LogP contribution is -2.38. The molecule has 0 saturated carbocycles. The van der Waals surface area contributed by atoms with Gasteiger partial charge in [0.05, 0.1) is 0 Å². The Bertz CT molecular complexity index is 402. The van der Waals surface area contributed by atoms with Crippen molar-refractivity contribution in [1.82, 2.24) is 9.80 Å². The molecule has 0 atom stereocenters. The van der Waals surface area contributed by atoms with Crippen molar-refractivity contribution in [2.45, 2.75) is 19.4 Å². The van der Waals surface area contributed by atoms with E-state index in [1.54, 1.807) is 18.0 Å². The van der Waals surface area contributed by atoms with Crippen molar-refractivity contribution >= 4 is 6.03 Å². The molecule has 1 aliphatic rings. The Kier molecular flexibility index (Phi) is 3.61. The van der Waals surface area contributed by atoms with Crippen molar-refractivity contribution in [3.05, 3.63) is 35.6 Å². The highest BCUT2D eigenvalue weighted by Crippen LogP contribution is 2.12. The summed E-state index contributed by atoms with van der Waals surface area (Å²) in [6.45, 7) is 2.13. The minimum Gasteiger partial charge on any atom is -0.325 e. The van der Waals surface area contributed by atoms with E-state index in [2.05, 4.69) is 0 Å². The first-order chi connectivity index (χ1) is 8.16. The fourth-order valence-corrected chi connectivity index (χ4v) is 2.13. The third kappa shape index (κ3) is 2.96. The zero-order valence-electron chi connectivity index (χ0n) is 10.0. The molecule has 1 fully saturated rings. The lowest BCUT2D eigenvalue weighted by atomic mass is 10.2. The number of amides is 2. The van der Waals surface area contributed by atoms with Crippen LogP contribution >= 0.6 is 0 Å². The molecule has 2 amide bonds. The van der Waals surface area contributed by atoms with E-state index < -0.39 is 0 Å². The number of carbonyl (C=O) groups is 1. The predicted octanol–water partition coefficient (Wildman–Crippen LogP) is 2.47. The fourth-order valence-electron chi connectivity index (χ4n) is 2.13. The van der Waals surface area contributed by atoms with Gasteiger partial charge >= 0.3 is 6.03 Å². The number of hydrogen-bond donors (Lipinski definition) is 0. The number of rotatable bonds is 2. The average Bonchev–Trinajstić information content (AvgIpc) is 2.81. The van der Waals surface area contributed by atoms with Crippen molar-refractivity contribution < 1.29 is 9.18 Å². The number of nitrogens with zero attached hydrogens (tertiary/aromatic N) is 2. The minimum absolute atomic E-state index is 0.0340. The Hall–Kier alpha value is -1.58. The molecule has 92 valence electrons. The maximum atomic E-state index is 13.0. The molecule has 1 aromatic carbocycles. The predicted molar refractivity (Wildman–Crippen MR) is 64.1 cm³/mol. The van der Waals surface area contributed by atoms with Gasteiger partial charge in [-0.15, -0.1) is 0 Å². The van der Waals surface area contributed by atoms with E-state index >= 15 is 0 Å². The van der Waals surface area contributed by atoms with Crippen molar-refractivity contribution in [2.24, 2.45) is 0 Å². The molecule has 0 unspecified atom stereocenters. The van der Waals surface area contributed by atoms with Gasteiger partial charge in [0.15, 0.2) is 0 Å². The Morgan fingerprint density at radius 2 is 2.12 bits per heavy atom. The first-order valence-electron chi connectivity index (χ1n) is 5.91. The Balaban J connectivity index is 1.96. The van der Waals surface area contributed by atoms with Crippen LogP contribution in [0.25, 0.3) is 0 Å². The fraction of sp³-hybridized carbons (Fsp3) is 0.462. The normalized spacial score (nSPS) is 15.1. The van der Waals surface area contributed by atoms with Crippen LogP contribution in [0, 0.1) is 5.82 Å². The van der Waals surface area contributed by atoms with Crippen LogP contribution in [-0.4, -0.2) is 36.0 Å². The molecule has 1 saturated heterocycles. The number of likely N-dealkylation sites (tertiary alicyclic amines) is 1. The number of hydrogen-bond acceptors (Lipinski definition) is 1. The summed E-state index contributed by atoms with van der Waals surface area (Å²) in [6, 6.07) is 6.40. The van der Waals surface area contributed by atoms with Gasteiger partial charge in [-0.3, -0.25) is 0 Å². The van der Waals surface area contributed by atoms with Crippen molar-refractivity contribution in [2.75, 3.05) is 20.1 Å². The average molecular weight is 236 g/mol. The summed E-state index contributed by atoms with van der Waals surface area (Å²) in [5, 5.41) is 0. The first-order valence-corrected chi connectivity index (χ1v) is 5.91. The van der Waals surface area contributed by atoms with Gasteiger partial charge in [-0.05, 0) is 30.5 Å². The van der Waals surface area contributed by atoms with Crippen LogP contribution in [0.4, 0.5) is 9.18 Å². The van der Waals surface area contributed by atoms with E-state index in [9.17, 15) is 9.18 Å². The van der Waals surface area contributed by atoms with Gasteiger partial charge in [0.1, 0.15) is 5.82 Å². The van der Waals surface area contributed by atoms with E-state index in [0.717, 1.165) is 31.5 Å². The standard InChI is InChI=1S/C13H17FN2O/c1-15(13(17)16-7-2-3-8-16)10-11-5-4-6-12(14)9-11/h4-6,9H,2-3,7-8,10H2,1H3. The number of benzene rings is 1. The summed E-state index contributed by atoms with van der Waals surface area (Å²) >= 11 is 0. The van der Waals surface area contributed by atoms with Gasteiger partial charge in [-0.25, -0.2) is 9.18 Å². The summed E-state index contributed by atoms with van der Waals surface area (Å²) in [6.07, 6.45) is 2.17. The molecule has 3 nitrogen and oxygen atoms in total. The second-order valence-corrected chi connectivity index (χ2v) is 4.46. The Morgan fingerprint density at radius 3 is 2.76 bits per heavy atom. The van der Waals surface area contributed by atoms with Crippen LogP contribution in [0.1, 0.15) is 18.4 Å². The molecular weight excluding hydrogens is 219 g/mol. The maximum absolute atomic E-state index is 13.0. The molecule has 4 heteroatoms. The third-order valence-electron chi connectivity index (χ3n) is 3.01. The van der Waals surface area contributed by atoms with Crippen LogP contribution in [0.3, 0.4) is 0 Å². The van der Waals surface area contributed by atoms with Crippen molar-refractivity contribution in [3.8, 4) is 0 Å². The van der Waals surface area contributed by atoms with E-state index in [4.69, 9.17) is 0 Å². The first kappa shape index (κ1) is 11.9. The maximum Gasteiger partial charge on any atom is 0.320 e. The molecule has 2 rings (SSSR count). The lowest BCUT2D eigenvalue weighted by molar-refractivity contribution is 0.171. The van der Waals surface area contributed by atoms with Crippen molar-refractivity contribution in [3.63, 3.8) is 0 Å². The Morgan fingerprint density at radius 1 is 1.41 bits per heavy atom. The molecule has 0 aliphatic carbocycles. The van der Waals surface area contributed by atoms with Gasteiger partial charge < -0.3 is 9.80 Å². The van der Waals surface area contributed by atoms with Crippen molar-refractivity contribution in [1.29, 1.82) is 0 Å². The van der Waals surface area contributed by atoms with Crippen LogP contribution in [0.5, 0.6) is 0 Å². The van der Waals surface area contributed by atoms with Gasteiger partial charge in [0.25, 0.3) is 0 Å². The largest absolute Gasteiger partial charge is 0.325 e. The number of carbonyl (C=O) groups excluding carboxylic acids is 1. The number of urea groups is 1. The second-order valence-electron chi connectivity index (χ2n) is 4.46. The topological polar surface area (TPSA) is 23.6 Å². The molecule has 0 bridgehead atoms. The van der Waals surface area contributed by atoms with E-state index in [-0.39, 0.29) is 11.8 Å². The molecule has 0 radical (unpaired) electrons. The van der Waals surface area contributed by atoms with Gasteiger partial charge in [-0.2, -0.15) is 0 Å². The lowest BCUT2D eigenvalue weighted by Gasteiger charge is -2.24. The molecule has 17 heavy (non-hydrogen) atoms.